The van der Waals surface area contributed by atoms with Crippen LogP contribution in [0, 0.1) is 10.1 Å². The molecule has 0 saturated heterocycles. The normalized spacial score (nSPS) is 10.1. The maximum Gasteiger partial charge on any atom is 0.314 e. The van der Waals surface area contributed by atoms with Crippen molar-refractivity contribution in [1.29, 1.82) is 0 Å². The van der Waals surface area contributed by atoms with E-state index in [1.165, 1.54) is 24.3 Å². The van der Waals surface area contributed by atoms with E-state index in [4.69, 9.17) is 34.8 Å². The number of carbonyl (C=O) groups is 2. The van der Waals surface area contributed by atoms with Crippen molar-refractivity contribution in [3.8, 4) is 0 Å². The summed E-state index contributed by atoms with van der Waals surface area (Å²) in [7, 11) is 0. The quantitative estimate of drug-likeness (QED) is 0.469. The lowest BCUT2D eigenvalue weighted by atomic mass is 10.2. The summed E-state index contributed by atoms with van der Waals surface area (Å²) in [6.45, 7) is 0. The molecule has 0 heterocycles. The summed E-state index contributed by atoms with van der Waals surface area (Å²) in [5, 5.41) is 15.5. The van der Waals surface area contributed by atoms with Gasteiger partial charge in [0.05, 0.1) is 20.7 Å². The van der Waals surface area contributed by atoms with E-state index in [1.807, 2.05) is 0 Å². The van der Waals surface area contributed by atoms with Gasteiger partial charge in [-0.3, -0.25) is 19.7 Å². The molecule has 24 heavy (non-hydrogen) atoms. The van der Waals surface area contributed by atoms with E-state index in [0.717, 1.165) is 6.07 Å². The van der Waals surface area contributed by atoms with Gasteiger partial charge in [0.15, 0.2) is 0 Å². The molecule has 0 spiro atoms. The Hall–Kier alpha value is -2.35. The SMILES string of the molecule is O=C(Nc1ccc(Cl)c([N+](=O)[O-])c1)C(=O)Nc1c(Cl)cccc1Cl. The highest BCUT2D eigenvalue weighted by atomic mass is 35.5. The molecular weight excluding hydrogens is 381 g/mol. The number of nitrogens with one attached hydrogen (secondary N) is 2. The first-order valence-corrected chi connectivity index (χ1v) is 7.43. The third-order valence-electron chi connectivity index (χ3n) is 2.81. The predicted octanol–water partition coefficient (Wildman–Crippen LogP) is 4.13. The van der Waals surface area contributed by atoms with Crippen LogP contribution in [-0.4, -0.2) is 16.7 Å². The molecule has 0 radical (unpaired) electrons. The number of halogens is 3. The van der Waals surface area contributed by atoms with Crippen LogP contribution in [0.5, 0.6) is 0 Å². The molecule has 124 valence electrons. The molecule has 2 aromatic rings. The minimum Gasteiger partial charge on any atom is -0.318 e. The fourth-order valence-corrected chi connectivity index (χ4v) is 2.38. The Balaban J connectivity index is 2.14. The van der Waals surface area contributed by atoms with E-state index in [9.17, 15) is 19.7 Å². The molecule has 0 aliphatic rings. The molecule has 0 aliphatic heterocycles. The summed E-state index contributed by atoms with van der Waals surface area (Å²) < 4.78 is 0. The van der Waals surface area contributed by atoms with Gasteiger partial charge in [-0.1, -0.05) is 40.9 Å². The molecule has 2 rings (SSSR count). The Kier molecular flexibility index (Phi) is 5.61. The van der Waals surface area contributed by atoms with Crippen molar-refractivity contribution in [2.45, 2.75) is 0 Å². The second-order valence-corrected chi connectivity index (χ2v) is 5.65. The van der Waals surface area contributed by atoms with Crippen LogP contribution in [0.1, 0.15) is 0 Å². The number of benzene rings is 2. The maximum atomic E-state index is 11.9. The van der Waals surface area contributed by atoms with E-state index in [-0.39, 0.29) is 26.4 Å². The maximum absolute atomic E-state index is 11.9. The van der Waals surface area contributed by atoms with Crippen LogP contribution in [0.4, 0.5) is 17.1 Å². The summed E-state index contributed by atoms with van der Waals surface area (Å²) in [5.74, 6) is -2.09. The molecule has 7 nitrogen and oxygen atoms in total. The molecule has 0 bridgehead atoms. The molecule has 0 saturated carbocycles. The minimum absolute atomic E-state index is 0.0384. The van der Waals surface area contributed by atoms with Crippen molar-refractivity contribution < 1.29 is 14.5 Å². The second-order valence-electron chi connectivity index (χ2n) is 4.43. The lowest BCUT2D eigenvalue weighted by molar-refractivity contribution is -0.384. The standard InChI is InChI=1S/C14H8Cl3N3O4/c15-8-5-4-7(6-11(8)20(23)24)18-13(21)14(22)19-12-9(16)2-1-3-10(12)17/h1-6H,(H,18,21)(H,19,22). The Labute approximate surface area is 150 Å². The fraction of sp³-hybridized carbons (Fsp3) is 0. The number of anilines is 2. The highest BCUT2D eigenvalue weighted by Crippen LogP contribution is 2.30. The van der Waals surface area contributed by atoms with Crippen molar-refractivity contribution in [2.24, 2.45) is 0 Å². The summed E-state index contributed by atoms with van der Waals surface area (Å²) in [4.78, 5) is 33.9. The molecule has 0 unspecified atom stereocenters. The van der Waals surface area contributed by atoms with Crippen molar-refractivity contribution >= 4 is 63.7 Å². The zero-order valence-electron chi connectivity index (χ0n) is 11.7. The summed E-state index contributed by atoms with van der Waals surface area (Å²) >= 11 is 17.5. The number of nitro benzene ring substituents is 1. The monoisotopic (exact) mass is 387 g/mol. The van der Waals surface area contributed by atoms with Crippen LogP contribution in [0.2, 0.25) is 15.1 Å². The van der Waals surface area contributed by atoms with Crippen molar-refractivity contribution in [3.63, 3.8) is 0 Å². The summed E-state index contributed by atoms with van der Waals surface area (Å²) in [6.07, 6.45) is 0. The lowest BCUT2D eigenvalue weighted by Crippen LogP contribution is -2.29. The second kappa shape index (κ2) is 7.48. The lowest BCUT2D eigenvalue weighted by Gasteiger charge is -2.09. The molecule has 0 aromatic heterocycles. The minimum atomic E-state index is -1.05. The average Bonchev–Trinajstić information content (AvgIpc) is 2.52. The first-order chi connectivity index (χ1) is 11.3. The Morgan fingerprint density at radius 2 is 1.50 bits per heavy atom. The van der Waals surface area contributed by atoms with Crippen LogP contribution in [0.3, 0.4) is 0 Å². The van der Waals surface area contributed by atoms with E-state index >= 15 is 0 Å². The molecule has 2 aromatic carbocycles. The van der Waals surface area contributed by atoms with Gasteiger partial charge in [0.2, 0.25) is 0 Å². The molecule has 0 aliphatic carbocycles. The van der Waals surface area contributed by atoms with E-state index in [1.54, 1.807) is 6.07 Å². The largest absolute Gasteiger partial charge is 0.318 e. The van der Waals surface area contributed by atoms with E-state index < -0.39 is 22.4 Å². The Morgan fingerprint density at radius 3 is 2.08 bits per heavy atom. The van der Waals surface area contributed by atoms with Gasteiger partial charge in [-0.25, -0.2) is 0 Å². The van der Waals surface area contributed by atoms with Crippen LogP contribution < -0.4 is 10.6 Å². The smallest absolute Gasteiger partial charge is 0.314 e. The number of nitrogens with zero attached hydrogens (tertiary/aromatic N) is 1. The summed E-state index contributed by atoms with van der Waals surface area (Å²) in [5.41, 5.74) is -0.274. The van der Waals surface area contributed by atoms with Gasteiger partial charge >= 0.3 is 11.8 Å². The molecule has 10 heteroatoms. The highest BCUT2D eigenvalue weighted by molar-refractivity contribution is 6.46. The van der Waals surface area contributed by atoms with Crippen molar-refractivity contribution in [2.75, 3.05) is 10.6 Å². The van der Waals surface area contributed by atoms with Gasteiger partial charge in [-0.05, 0) is 24.3 Å². The topological polar surface area (TPSA) is 101 Å². The number of hydrogen-bond acceptors (Lipinski definition) is 4. The van der Waals surface area contributed by atoms with Crippen LogP contribution in [0.15, 0.2) is 36.4 Å². The molecule has 0 atom stereocenters. The zero-order valence-corrected chi connectivity index (χ0v) is 13.9. The Bertz CT molecular complexity index is 822. The highest BCUT2D eigenvalue weighted by Gasteiger charge is 2.19. The third kappa shape index (κ3) is 4.14. The van der Waals surface area contributed by atoms with Crippen LogP contribution in [0.25, 0.3) is 0 Å². The molecular formula is C14H8Cl3N3O4. The van der Waals surface area contributed by atoms with Gasteiger partial charge in [-0.2, -0.15) is 0 Å². The average molecular weight is 389 g/mol. The van der Waals surface area contributed by atoms with Gasteiger partial charge < -0.3 is 10.6 Å². The van der Waals surface area contributed by atoms with E-state index in [2.05, 4.69) is 10.6 Å². The summed E-state index contributed by atoms with van der Waals surface area (Å²) in [6, 6.07) is 8.15. The number of nitro groups is 1. The van der Waals surface area contributed by atoms with E-state index in [0.29, 0.717) is 0 Å². The third-order valence-corrected chi connectivity index (χ3v) is 3.76. The van der Waals surface area contributed by atoms with Gasteiger partial charge in [-0.15, -0.1) is 0 Å². The van der Waals surface area contributed by atoms with Gasteiger partial charge in [0.1, 0.15) is 5.02 Å². The van der Waals surface area contributed by atoms with Gasteiger partial charge in [0.25, 0.3) is 5.69 Å². The number of hydrogen-bond donors (Lipinski definition) is 2. The Morgan fingerprint density at radius 1 is 0.917 bits per heavy atom. The molecule has 2 N–H and O–H groups in total. The van der Waals surface area contributed by atoms with Crippen LogP contribution >= 0.6 is 34.8 Å². The first kappa shape index (κ1) is 18.0. The fourth-order valence-electron chi connectivity index (χ4n) is 1.71. The number of amides is 2. The predicted molar refractivity (Wildman–Crippen MR) is 91.8 cm³/mol. The molecule has 2 amide bonds. The number of rotatable bonds is 3. The van der Waals surface area contributed by atoms with Gasteiger partial charge in [0, 0.05) is 11.8 Å². The zero-order chi connectivity index (χ0) is 17.9. The number of para-hydroxylation sites is 1. The first-order valence-electron chi connectivity index (χ1n) is 6.30. The van der Waals surface area contributed by atoms with Crippen molar-refractivity contribution in [1.82, 2.24) is 0 Å². The number of carbonyl (C=O) groups excluding carboxylic acids is 2. The van der Waals surface area contributed by atoms with Crippen LogP contribution in [-0.2, 0) is 9.59 Å². The van der Waals surface area contributed by atoms with Crippen molar-refractivity contribution in [3.05, 3.63) is 61.6 Å². The molecule has 0 fully saturated rings.